The number of anilines is 1. The Hall–Kier alpha value is -1.18. The number of rotatable bonds is 4. The Morgan fingerprint density at radius 1 is 1.55 bits per heavy atom. The molecule has 1 N–H and O–H groups in total. The van der Waals surface area contributed by atoms with Crippen molar-refractivity contribution in [3.8, 4) is 0 Å². The molecule has 2 aromatic heterocycles. The average molecular weight is 383 g/mol. The molecular weight excluding hydrogens is 364 g/mol. The van der Waals surface area contributed by atoms with E-state index in [2.05, 4.69) is 42.6 Å². The smallest absolute Gasteiger partial charge is 0.293 e. The number of aryl methyl sites for hydroxylation is 1. The van der Waals surface area contributed by atoms with Crippen molar-refractivity contribution >= 4 is 33.1 Å². The zero-order valence-corrected chi connectivity index (χ0v) is 14.9. The number of hydrogen-bond acceptors (Lipinski definition) is 5. The van der Waals surface area contributed by atoms with Gasteiger partial charge in [0.25, 0.3) is 5.56 Å². The summed E-state index contributed by atoms with van der Waals surface area (Å²) >= 11 is 5.19. The van der Waals surface area contributed by atoms with Crippen LogP contribution < -0.4 is 15.8 Å². The Morgan fingerprint density at radius 2 is 2.41 bits per heavy atom. The topological polar surface area (TPSA) is 50.2 Å². The minimum Gasteiger partial charge on any atom is -0.350 e. The van der Waals surface area contributed by atoms with Crippen LogP contribution in [0.4, 0.5) is 5.82 Å². The molecule has 0 aliphatic carbocycles. The van der Waals surface area contributed by atoms with Crippen LogP contribution in [0.2, 0.25) is 0 Å². The lowest BCUT2D eigenvalue weighted by molar-refractivity contribution is 0.419. The van der Waals surface area contributed by atoms with Gasteiger partial charge in [0.2, 0.25) is 0 Å². The Morgan fingerprint density at radius 3 is 3.18 bits per heavy atom. The molecule has 0 amide bonds. The highest BCUT2D eigenvalue weighted by Gasteiger charge is 2.22. The molecular formula is C15H19BrN4OS. The molecule has 3 rings (SSSR count). The lowest BCUT2D eigenvalue weighted by atomic mass is 10.1. The predicted octanol–water partition coefficient (Wildman–Crippen LogP) is 2.36. The molecule has 1 aliphatic rings. The first-order valence-electron chi connectivity index (χ1n) is 7.36. The summed E-state index contributed by atoms with van der Waals surface area (Å²) < 4.78 is 2.74. The Kier molecular flexibility index (Phi) is 4.95. The Balaban J connectivity index is 1.64. The fraction of sp³-hybridized carbons (Fsp3) is 0.467. The quantitative estimate of drug-likeness (QED) is 0.881. The highest BCUT2D eigenvalue weighted by molar-refractivity contribution is 9.11. The SMILES string of the molecule is Cn1ccnc(N2CCC[C@H](NCc3csc(Br)c3)C2)c1=O. The summed E-state index contributed by atoms with van der Waals surface area (Å²) in [6.07, 6.45) is 5.59. The van der Waals surface area contributed by atoms with Gasteiger partial charge in [-0.15, -0.1) is 11.3 Å². The van der Waals surface area contributed by atoms with Crippen molar-refractivity contribution in [2.24, 2.45) is 7.05 Å². The predicted molar refractivity (Wildman–Crippen MR) is 93.6 cm³/mol. The van der Waals surface area contributed by atoms with E-state index in [1.807, 2.05) is 0 Å². The molecule has 0 spiro atoms. The molecule has 0 unspecified atom stereocenters. The normalized spacial score (nSPS) is 18.6. The van der Waals surface area contributed by atoms with Gasteiger partial charge in [0.15, 0.2) is 5.82 Å². The van der Waals surface area contributed by atoms with Crippen LogP contribution in [0.5, 0.6) is 0 Å². The van der Waals surface area contributed by atoms with Gasteiger partial charge in [-0.05, 0) is 45.8 Å². The van der Waals surface area contributed by atoms with Gasteiger partial charge in [-0.1, -0.05) is 0 Å². The zero-order valence-electron chi connectivity index (χ0n) is 12.5. The molecule has 0 saturated carbocycles. The fourth-order valence-electron chi connectivity index (χ4n) is 2.74. The van der Waals surface area contributed by atoms with Crippen molar-refractivity contribution in [3.05, 3.63) is 43.5 Å². The van der Waals surface area contributed by atoms with Gasteiger partial charge in [-0.3, -0.25) is 4.79 Å². The van der Waals surface area contributed by atoms with Gasteiger partial charge in [0.05, 0.1) is 3.79 Å². The van der Waals surface area contributed by atoms with Gasteiger partial charge in [-0.25, -0.2) is 4.98 Å². The van der Waals surface area contributed by atoms with Crippen LogP contribution in [-0.2, 0) is 13.6 Å². The van der Waals surface area contributed by atoms with Crippen molar-refractivity contribution in [2.45, 2.75) is 25.4 Å². The van der Waals surface area contributed by atoms with E-state index in [-0.39, 0.29) is 5.56 Å². The van der Waals surface area contributed by atoms with Crippen LogP contribution in [0, 0.1) is 0 Å². The van der Waals surface area contributed by atoms with Crippen molar-refractivity contribution in [3.63, 3.8) is 0 Å². The van der Waals surface area contributed by atoms with Gasteiger partial charge in [0, 0.05) is 45.1 Å². The van der Waals surface area contributed by atoms with Gasteiger partial charge < -0.3 is 14.8 Å². The summed E-state index contributed by atoms with van der Waals surface area (Å²) in [6, 6.07) is 2.53. The lowest BCUT2D eigenvalue weighted by Gasteiger charge is -2.33. The first-order chi connectivity index (χ1) is 10.6. The first kappa shape index (κ1) is 15.7. The molecule has 7 heteroatoms. The number of hydrogen-bond donors (Lipinski definition) is 1. The Bertz CT molecular complexity index is 699. The molecule has 0 aromatic carbocycles. The molecule has 118 valence electrons. The monoisotopic (exact) mass is 382 g/mol. The summed E-state index contributed by atoms with van der Waals surface area (Å²) in [5.74, 6) is 0.565. The lowest BCUT2D eigenvalue weighted by Crippen LogP contribution is -2.47. The summed E-state index contributed by atoms with van der Waals surface area (Å²) in [5, 5.41) is 5.75. The highest BCUT2D eigenvalue weighted by Crippen LogP contribution is 2.21. The van der Waals surface area contributed by atoms with Crippen LogP contribution in [0.25, 0.3) is 0 Å². The van der Waals surface area contributed by atoms with E-state index in [4.69, 9.17) is 0 Å². The largest absolute Gasteiger partial charge is 0.350 e. The third kappa shape index (κ3) is 3.59. The minimum atomic E-state index is -0.0232. The highest BCUT2D eigenvalue weighted by atomic mass is 79.9. The van der Waals surface area contributed by atoms with E-state index < -0.39 is 0 Å². The third-order valence-corrected chi connectivity index (χ3v) is 5.49. The van der Waals surface area contributed by atoms with E-state index in [1.165, 1.54) is 5.56 Å². The standard InChI is InChI=1S/C15H19BrN4OS/c1-19-6-4-17-14(15(19)21)20-5-2-3-12(9-20)18-8-11-7-13(16)22-10-11/h4,6-7,10,12,18H,2-3,5,8-9H2,1H3/t12-/m0/s1. The molecule has 5 nitrogen and oxygen atoms in total. The molecule has 1 atom stereocenters. The number of halogens is 1. The van der Waals surface area contributed by atoms with Crippen molar-refractivity contribution in [1.29, 1.82) is 0 Å². The molecule has 1 aliphatic heterocycles. The van der Waals surface area contributed by atoms with E-state index in [0.717, 1.165) is 36.3 Å². The maximum atomic E-state index is 12.2. The fourth-order valence-corrected chi connectivity index (χ4v) is 3.95. The van der Waals surface area contributed by atoms with E-state index in [9.17, 15) is 4.79 Å². The van der Waals surface area contributed by atoms with E-state index >= 15 is 0 Å². The maximum Gasteiger partial charge on any atom is 0.293 e. The van der Waals surface area contributed by atoms with Crippen LogP contribution in [0.3, 0.4) is 0 Å². The minimum absolute atomic E-state index is 0.0232. The molecule has 0 radical (unpaired) electrons. The summed E-state index contributed by atoms with van der Waals surface area (Å²) in [6.45, 7) is 2.59. The van der Waals surface area contributed by atoms with Crippen LogP contribution in [0.1, 0.15) is 18.4 Å². The average Bonchev–Trinajstić information content (AvgIpc) is 2.94. The van der Waals surface area contributed by atoms with E-state index in [1.54, 1.807) is 35.3 Å². The second-order valence-corrected chi connectivity index (χ2v) is 7.88. The molecule has 3 heterocycles. The summed E-state index contributed by atoms with van der Waals surface area (Å²) in [5.41, 5.74) is 1.27. The van der Waals surface area contributed by atoms with Crippen molar-refractivity contribution in [2.75, 3.05) is 18.0 Å². The van der Waals surface area contributed by atoms with Crippen molar-refractivity contribution in [1.82, 2.24) is 14.9 Å². The number of thiophene rings is 1. The number of aromatic nitrogens is 2. The molecule has 0 bridgehead atoms. The third-order valence-electron chi connectivity index (χ3n) is 3.94. The van der Waals surface area contributed by atoms with Crippen molar-refractivity contribution < 1.29 is 0 Å². The number of nitrogens with one attached hydrogen (secondary N) is 1. The van der Waals surface area contributed by atoms with Gasteiger partial charge in [-0.2, -0.15) is 0 Å². The van der Waals surface area contributed by atoms with Crippen LogP contribution >= 0.6 is 27.3 Å². The van der Waals surface area contributed by atoms with Gasteiger partial charge in [0.1, 0.15) is 0 Å². The number of piperidine rings is 1. The molecule has 2 aromatic rings. The van der Waals surface area contributed by atoms with Gasteiger partial charge >= 0.3 is 0 Å². The summed E-state index contributed by atoms with van der Waals surface area (Å²) in [4.78, 5) is 18.6. The van der Waals surface area contributed by atoms with Crippen LogP contribution in [-0.4, -0.2) is 28.7 Å². The second kappa shape index (κ2) is 6.93. The first-order valence-corrected chi connectivity index (χ1v) is 9.03. The maximum absolute atomic E-state index is 12.2. The van der Waals surface area contributed by atoms with E-state index in [0.29, 0.717) is 11.9 Å². The Labute approximate surface area is 142 Å². The molecule has 1 fully saturated rings. The molecule has 22 heavy (non-hydrogen) atoms. The summed E-state index contributed by atoms with van der Waals surface area (Å²) in [7, 11) is 1.77. The van der Waals surface area contributed by atoms with Crippen LogP contribution in [0.15, 0.2) is 32.4 Å². The number of nitrogens with zero attached hydrogens (tertiary/aromatic N) is 3. The zero-order chi connectivity index (χ0) is 15.5. The second-order valence-electron chi connectivity index (χ2n) is 5.59. The molecule has 1 saturated heterocycles.